The molecule has 1 aromatic heterocycles. The van der Waals surface area contributed by atoms with E-state index < -0.39 is 35.6 Å². The first-order valence-electron chi connectivity index (χ1n) is 14.8. The van der Waals surface area contributed by atoms with Crippen LogP contribution < -0.4 is 4.74 Å². The van der Waals surface area contributed by atoms with Gasteiger partial charge in [0.1, 0.15) is 11.9 Å². The first kappa shape index (κ1) is 30.3. The van der Waals surface area contributed by atoms with Crippen molar-refractivity contribution in [2.75, 3.05) is 27.3 Å². The van der Waals surface area contributed by atoms with Gasteiger partial charge in [-0.05, 0) is 54.9 Å². The number of aromatic nitrogens is 1. The lowest BCUT2D eigenvalue weighted by Crippen LogP contribution is -2.67. The Hall–Kier alpha value is -4.13. The summed E-state index contributed by atoms with van der Waals surface area (Å²) >= 11 is 0. The Morgan fingerprint density at radius 1 is 1.16 bits per heavy atom. The maximum absolute atomic E-state index is 13.7. The van der Waals surface area contributed by atoms with E-state index in [9.17, 15) is 14.9 Å². The molecule has 9 heteroatoms. The standard InChI is InChI=1S/C34H39N3O6/c1-4-9-31(38)43-34(33(39)41-3)27-18-26(19-35)37(17-16-24-20-36-28-12-8-13-29(40-2)32(24)28)21-25(27)14-15-30(34)42-22-23-10-6-5-7-11-23/h4-8,10-13,20,25-27,30,36H,1,9,14-18,21-22H2,2-3H3/t25-,26-,27+,30-,34+/m1/s1. The SMILES string of the molecule is C=CCC(=O)O[C@]1(C(=O)OC)[C@H](OCc2ccccc2)CC[C@@H]2CN(CCc3c[nH]c4cccc(OC)c34)[C@@H](C#N)C[C@@H]21. The van der Waals surface area contributed by atoms with Crippen molar-refractivity contribution in [1.29, 1.82) is 5.26 Å². The number of nitriles is 1. The molecule has 1 saturated heterocycles. The van der Waals surface area contributed by atoms with Crippen molar-refractivity contribution >= 4 is 22.8 Å². The third kappa shape index (κ3) is 6.03. The lowest BCUT2D eigenvalue weighted by molar-refractivity contribution is -0.231. The Balaban J connectivity index is 1.41. The number of piperidine rings is 1. The maximum atomic E-state index is 13.7. The number of H-pyrrole nitrogens is 1. The molecule has 0 spiro atoms. The summed E-state index contributed by atoms with van der Waals surface area (Å²) < 4.78 is 23.4. The van der Waals surface area contributed by atoms with Gasteiger partial charge < -0.3 is 23.9 Å². The summed E-state index contributed by atoms with van der Waals surface area (Å²) in [6, 6.07) is 17.6. The summed E-state index contributed by atoms with van der Waals surface area (Å²) in [4.78, 5) is 32.2. The highest BCUT2D eigenvalue weighted by Crippen LogP contribution is 2.49. The minimum atomic E-state index is -1.67. The summed E-state index contributed by atoms with van der Waals surface area (Å²) in [6.45, 7) is 5.15. The minimum absolute atomic E-state index is 0.00527. The van der Waals surface area contributed by atoms with Crippen LogP contribution >= 0.6 is 0 Å². The zero-order valence-electron chi connectivity index (χ0n) is 24.8. The van der Waals surface area contributed by atoms with E-state index in [0.29, 0.717) is 25.9 Å². The van der Waals surface area contributed by atoms with Gasteiger partial charge in [-0.3, -0.25) is 9.69 Å². The van der Waals surface area contributed by atoms with E-state index in [1.165, 1.54) is 13.2 Å². The van der Waals surface area contributed by atoms with E-state index in [1.54, 1.807) is 7.11 Å². The Bertz CT molecular complexity index is 1480. The van der Waals surface area contributed by atoms with Crippen molar-refractivity contribution in [3.05, 3.63) is 78.5 Å². The molecule has 2 heterocycles. The van der Waals surface area contributed by atoms with Crippen molar-refractivity contribution in [1.82, 2.24) is 9.88 Å². The zero-order chi connectivity index (χ0) is 30.4. The average molecular weight is 586 g/mol. The van der Waals surface area contributed by atoms with Crippen molar-refractivity contribution in [3.8, 4) is 11.8 Å². The number of benzene rings is 2. The quantitative estimate of drug-likeness (QED) is 0.248. The Kier molecular flexibility index (Phi) is 9.49. The van der Waals surface area contributed by atoms with Gasteiger partial charge in [-0.25, -0.2) is 4.79 Å². The summed E-state index contributed by atoms with van der Waals surface area (Å²) in [5.74, 6) is -0.860. The van der Waals surface area contributed by atoms with Gasteiger partial charge in [0.2, 0.25) is 5.60 Å². The van der Waals surface area contributed by atoms with E-state index in [0.717, 1.165) is 40.6 Å². The van der Waals surface area contributed by atoms with Crippen LogP contribution in [-0.4, -0.2) is 66.9 Å². The van der Waals surface area contributed by atoms with Gasteiger partial charge in [0.15, 0.2) is 0 Å². The van der Waals surface area contributed by atoms with Crippen molar-refractivity contribution in [2.45, 2.75) is 56.5 Å². The number of methoxy groups -OCH3 is 2. The van der Waals surface area contributed by atoms with Crippen LogP contribution in [0.25, 0.3) is 10.9 Å². The molecule has 5 rings (SSSR count). The highest BCUT2D eigenvalue weighted by molar-refractivity contribution is 5.89. The highest BCUT2D eigenvalue weighted by Gasteiger charge is 2.63. The number of ether oxygens (including phenoxy) is 4. The number of likely N-dealkylation sites (tertiary alicyclic amines) is 1. The Morgan fingerprint density at radius 2 is 1.98 bits per heavy atom. The smallest absolute Gasteiger partial charge is 0.353 e. The fourth-order valence-electron chi connectivity index (χ4n) is 6.96. The molecule has 0 radical (unpaired) electrons. The first-order chi connectivity index (χ1) is 20.9. The summed E-state index contributed by atoms with van der Waals surface area (Å²) in [6.07, 6.45) is 5.01. The monoisotopic (exact) mass is 585 g/mol. The van der Waals surface area contributed by atoms with Gasteiger partial charge in [0.05, 0.1) is 39.4 Å². The molecule has 1 N–H and O–H groups in total. The van der Waals surface area contributed by atoms with Crippen LogP contribution in [0.5, 0.6) is 5.75 Å². The number of carbonyl (C=O) groups excluding carboxylic acids is 2. The molecule has 0 bridgehead atoms. The molecule has 2 aromatic carbocycles. The Morgan fingerprint density at radius 3 is 2.70 bits per heavy atom. The topological polar surface area (TPSA) is 114 Å². The molecule has 1 aliphatic heterocycles. The molecule has 2 fully saturated rings. The van der Waals surface area contributed by atoms with Crippen molar-refractivity contribution < 1.29 is 28.5 Å². The predicted molar refractivity (Wildman–Crippen MR) is 161 cm³/mol. The number of carbonyl (C=O) groups is 2. The van der Waals surface area contributed by atoms with Gasteiger partial charge >= 0.3 is 11.9 Å². The number of nitrogens with one attached hydrogen (secondary N) is 1. The van der Waals surface area contributed by atoms with Gasteiger partial charge in [-0.15, -0.1) is 6.58 Å². The lowest BCUT2D eigenvalue weighted by Gasteiger charge is -2.53. The van der Waals surface area contributed by atoms with Gasteiger partial charge in [-0.2, -0.15) is 5.26 Å². The molecule has 0 unspecified atom stereocenters. The van der Waals surface area contributed by atoms with E-state index in [1.807, 2.05) is 54.7 Å². The van der Waals surface area contributed by atoms with Crippen LogP contribution in [0.2, 0.25) is 0 Å². The lowest BCUT2D eigenvalue weighted by atomic mass is 9.62. The second kappa shape index (κ2) is 13.4. The molecule has 2 aliphatic rings. The number of aromatic amines is 1. The molecule has 3 aromatic rings. The normalized spacial score (nSPS) is 25.3. The first-order valence-corrected chi connectivity index (χ1v) is 14.8. The second-order valence-corrected chi connectivity index (χ2v) is 11.3. The van der Waals surface area contributed by atoms with Crippen molar-refractivity contribution in [2.24, 2.45) is 11.8 Å². The maximum Gasteiger partial charge on any atom is 0.353 e. The van der Waals surface area contributed by atoms with E-state index in [-0.39, 0.29) is 18.9 Å². The van der Waals surface area contributed by atoms with Crippen LogP contribution in [0, 0.1) is 23.2 Å². The summed E-state index contributed by atoms with van der Waals surface area (Å²) in [5.41, 5.74) is 1.40. The molecule has 43 heavy (non-hydrogen) atoms. The van der Waals surface area contributed by atoms with Crippen LogP contribution in [0.3, 0.4) is 0 Å². The fourth-order valence-corrected chi connectivity index (χ4v) is 6.96. The van der Waals surface area contributed by atoms with E-state index >= 15 is 0 Å². The predicted octanol–water partition coefficient (Wildman–Crippen LogP) is 4.96. The largest absolute Gasteiger partial charge is 0.496 e. The molecule has 0 amide bonds. The molecule has 226 valence electrons. The van der Waals surface area contributed by atoms with Gasteiger partial charge in [0.25, 0.3) is 0 Å². The molecular weight excluding hydrogens is 546 g/mol. The molecular formula is C34H39N3O6. The number of fused-ring (bicyclic) bond motifs is 2. The molecule has 1 aliphatic carbocycles. The summed E-state index contributed by atoms with van der Waals surface area (Å²) in [7, 11) is 2.97. The average Bonchev–Trinajstić information content (AvgIpc) is 3.46. The molecule has 9 nitrogen and oxygen atoms in total. The number of esters is 2. The molecule has 1 saturated carbocycles. The third-order valence-corrected chi connectivity index (χ3v) is 8.96. The van der Waals surface area contributed by atoms with E-state index in [2.05, 4.69) is 22.5 Å². The van der Waals surface area contributed by atoms with Crippen molar-refractivity contribution in [3.63, 3.8) is 0 Å². The highest BCUT2D eigenvalue weighted by atomic mass is 16.6. The van der Waals surface area contributed by atoms with Crippen LogP contribution in [0.1, 0.15) is 36.8 Å². The molecule has 5 atom stereocenters. The third-order valence-electron chi connectivity index (χ3n) is 8.96. The number of rotatable bonds is 11. The summed E-state index contributed by atoms with van der Waals surface area (Å²) in [5, 5.41) is 11.4. The van der Waals surface area contributed by atoms with Gasteiger partial charge in [-0.1, -0.05) is 42.5 Å². The zero-order valence-corrected chi connectivity index (χ0v) is 24.8. The van der Waals surface area contributed by atoms with Crippen LogP contribution in [-0.2, 0) is 36.8 Å². The Labute approximate surface area is 252 Å². The van der Waals surface area contributed by atoms with Crippen LogP contribution in [0.15, 0.2) is 67.4 Å². The van der Waals surface area contributed by atoms with Gasteiger partial charge in [0, 0.05) is 36.1 Å². The minimum Gasteiger partial charge on any atom is -0.496 e. The number of hydrogen-bond donors (Lipinski definition) is 1. The number of nitrogens with zero attached hydrogens (tertiary/aromatic N) is 2. The van der Waals surface area contributed by atoms with E-state index in [4.69, 9.17) is 18.9 Å². The number of hydrogen-bond acceptors (Lipinski definition) is 8. The second-order valence-electron chi connectivity index (χ2n) is 11.3. The van der Waals surface area contributed by atoms with Crippen LogP contribution in [0.4, 0.5) is 0 Å². The fraction of sp³-hybridized carbons (Fsp3) is 0.441.